The van der Waals surface area contributed by atoms with Crippen LogP contribution in [0.3, 0.4) is 0 Å². The fourth-order valence-corrected chi connectivity index (χ4v) is 2.63. The third kappa shape index (κ3) is 3.07. The van der Waals surface area contributed by atoms with Crippen molar-refractivity contribution in [3.8, 4) is 5.69 Å². The Hall–Kier alpha value is -3.25. The number of carbonyl (C=O) groups excluding carboxylic acids is 1. The maximum absolute atomic E-state index is 12.3. The van der Waals surface area contributed by atoms with Gasteiger partial charge in [-0.1, -0.05) is 29.8 Å². The maximum Gasteiger partial charge on any atom is 0.258 e. The first kappa shape index (κ1) is 15.3. The van der Waals surface area contributed by atoms with Crippen LogP contribution in [0.25, 0.3) is 16.7 Å². The van der Waals surface area contributed by atoms with E-state index >= 15 is 0 Å². The highest BCUT2D eigenvalue weighted by Crippen LogP contribution is 2.19. The summed E-state index contributed by atoms with van der Waals surface area (Å²) in [5.41, 5.74) is 3.21. The molecule has 2 heterocycles. The van der Waals surface area contributed by atoms with Gasteiger partial charge in [0.25, 0.3) is 5.91 Å². The van der Waals surface area contributed by atoms with Crippen molar-refractivity contribution in [3.63, 3.8) is 0 Å². The van der Waals surface area contributed by atoms with E-state index < -0.39 is 0 Å². The lowest BCUT2D eigenvalue weighted by atomic mass is 10.2. The van der Waals surface area contributed by atoms with Gasteiger partial charge in [0.15, 0.2) is 0 Å². The van der Waals surface area contributed by atoms with Gasteiger partial charge in [-0.25, -0.2) is 4.98 Å². The average molecular weight is 350 g/mol. The van der Waals surface area contributed by atoms with Crippen LogP contribution in [0.5, 0.6) is 0 Å². The Morgan fingerprint density at radius 2 is 1.76 bits per heavy atom. The molecule has 25 heavy (non-hydrogen) atoms. The van der Waals surface area contributed by atoms with E-state index in [0.29, 0.717) is 16.8 Å². The molecule has 0 unspecified atom stereocenters. The number of halogens is 1. The normalized spacial score (nSPS) is 10.8. The second-order valence-electron chi connectivity index (χ2n) is 5.32. The molecule has 0 radical (unpaired) electrons. The van der Waals surface area contributed by atoms with Crippen LogP contribution in [-0.2, 0) is 0 Å². The predicted octanol–water partition coefficient (Wildman–Crippen LogP) is 3.72. The standard InChI is InChI=1S/C18H12ClN5O/c19-17-14(7-4-10-20-17)18(25)21-12-8-9-15-16(11-12)23-24(22-15)13-5-2-1-3-6-13/h1-11H,(H,21,25). The molecule has 1 N–H and O–H groups in total. The first-order chi connectivity index (χ1) is 12.2. The van der Waals surface area contributed by atoms with E-state index in [-0.39, 0.29) is 11.1 Å². The molecule has 0 spiro atoms. The van der Waals surface area contributed by atoms with Gasteiger partial charge in [0.05, 0.1) is 11.3 Å². The number of benzene rings is 2. The third-order valence-corrected chi connectivity index (χ3v) is 3.93. The summed E-state index contributed by atoms with van der Waals surface area (Å²) in [4.78, 5) is 17.8. The highest BCUT2D eigenvalue weighted by molar-refractivity contribution is 6.33. The summed E-state index contributed by atoms with van der Waals surface area (Å²) in [5.74, 6) is -0.326. The van der Waals surface area contributed by atoms with E-state index in [0.717, 1.165) is 11.2 Å². The summed E-state index contributed by atoms with van der Waals surface area (Å²) >= 11 is 5.95. The summed E-state index contributed by atoms with van der Waals surface area (Å²) in [6, 6.07) is 18.3. The first-order valence-electron chi connectivity index (χ1n) is 7.55. The molecule has 1 amide bonds. The van der Waals surface area contributed by atoms with E-state index in [1.54, 1.807) is 29.1 Å². The molecular formula is C18H12ClN5O. The molecule has 0 saturated carbocycles. The molecule has 0 saturated heterocycles. The number of nitrogens with one attached hydrogen (secondary N) is 1. The molecule has 0 aliphatic heterocycles. The molecule has 4 aromatic rings. The molecule has 7 heteroatoms. The van der Waals surface area contributed by atoms with Crippen molar-refractivity contribution in [1.82, 2.24) is 20.0 Å². The van der Waals surface area contributed by atoms with Crippen LogP contribution in [0.2, 0.25) is 5.15 Å². The van der Waals surface area contributed by atoms with Crippen molar-refractivity contribution in [2.24, 2.45) is 0 Å². The van der Waals surface area contributed by atoms with Gasteiger partial charge >= 0.3 is 0 Å². The minimum absolute atomic E-state index is 0.163. The van der Waals surface area contributed by atoms with Gasteiger partial charge in [0.1, 0.15) is 16.2 Å². The summed E-state index contributed by atoms with van der Waals surface area (Å²) in [7, 11) is 0. The molecule has 0 atom stereocenters. The molecule has 2 aromatic heterocycles. The Morgan fingerprint density at radius 3 is 2.56 bits per heavy atom. The van der Waals surface area contributed by atoms with Crippen LogP contribution in [0.4, 0.5) is 5.69 Å². The number of carbonyl (C=O) groups is 1. The number of hydrogen-bond donors (Lipinski definition) is 1. The van der Waals surface area contributed by atoms with Gasteiger partial charge in [0, 0.05) is 11.9 Å². The number of para-hydroxylation sites is 1. The topological polar surface area (TPSA) is 72.7 Å². The van der Waals surface area contributed by atoms with E-state index in [4.69, 9.17) is 11.6 Å². The molecule has 0 aliphatic rings. The number of aromatic nitrogens is 4. The van der Waals surface area contributed by atoms with Crippen molar-refractivity contribution < 1.29 is 4.79 Å². The third-order valence-electron chi connectivity index (χ3n) is 3.63. The largest absolute Gasteiger partial charge is 0.322 e. The summed E-state index contributed by atoms with van der Waals surface area (Å²) in [6.07, 6.45) is 1.53. The summed E-state index contributed by atoms with van der Waals surface area (Å²) in [5, 5.41) is 11.9. The molecule has 2 aromatic carbocycles. The molecule has 122 valence electrons. The van der Waals surface area contributed by atoms with Crippen LogP contribution in [-0.4, -0.2) is 25.9 Å². The summed E-state index contributed by atoms with van der Waals surface area (Å²) < 4.78 is 0. The van der Waals surface area contributed by atoms with Gasteiger partial charge in [0.2, 0.25) is 0 Å². The Morgan fingerprint density at radius 1 is 0.960 bits per heavy atom. The lowest BCUT2D eigenvalue weighted by Gasteiger charge is -2.05. The van der Waals surface area contributed by atoms with Crippen molar-refractivity contribution >= 4 is 34.2 Å². The molecule has 0 fully saturated rings. The average Bonchev–Trinajstić information content (AvgIpc) is 3.06. The molecule has 0 bridgehead atoms. The van der Waals surface area contributed by atoms with E-state index in [1.807, 2.05) is 36.4 Å². The second kappa shape index (κ2) is 6.33. The zero-order valence-corrected chi connectivity index (χ0v) is 13.7. The van der Waals surface area contributed by atoms with Gasteiger partial charge in [-0.3, -0.25) is 4.79 Å². The summed E-state index contributed by atoms with van der Waals surface area (Å²) in [6.45, 7) is 0. The van der Waals surface area contributed by atoms with Gasteiger partial charge in [-0.2, -0.15) is 4.80 Å². The molecular weight excluding hydrogens is 338 g/mol. The highest BCUT2D eigenvalue weighted by Gasteiger charge is 2.12. The number of pyridine rings is 1. The fourth-order valence-electron chi connectivity index (χ4n) is 2.42. The minimum Gasteiger partial charge on any atom is -0.322 e. The SMILES string of the molecule is O=C(Nc1ccc2nn(-c3ccccc3)nc2c1)c1cccnc1Cl. The van der Waals surface area contributed by atoms with Gasteiger partial charge in [-0.05, 0) is 42.5 Å². The first-order valence-corrected chi connectivity index (χ1v) is 7.93. The number of fused-ring (bicyclic) bond motifs is 1. The van der Waals surface area contributed by atoms with Gasteiger partial charge < -0.3 is 5.32 Å². The second-order valence-corrected chi connectivity index (χ2v) is 5.68. The Bertz CT molecular complexity index is 1060. The van der Waals surface area contributed by atoms with Gasteiger partial charge in [-0.15, -0.1) is 10.2 Å². The van der Waals surface area contributed by atoms with Crippen LogP contribution in [0, 0.1) is 0 Å². The Kier molecular flexibility index (Phi) is 3.87. The highest BCUT2D eigenvalue weighted by atomic mass is 35.5. The van der Waals surface area contributed by atoms with E-state index in [2.05, 4.69) is 20.5 Å². The van der Waals surface area contributed by atoms with Crippen LogP contribution in [0.15, 0.2) is 66.9 Å². The van der Waals surface area contributed by atoms with Crippen LogP contribution < -0.4 is 5.32 Å². The van der Waals surface area contributed by atoms with E-state index in [9.17, 15) is 4.79 Å². The van der Waals surface area contributed by atoms with Crippen molar-refractivity contribution in [3.05, 3.63) is 77.6 Å². The van der Waals surface area contributed by atoms with Crippen LogP contribution in [0.1, 0.15) is 10.4 Å². The molecule has 0 aliphatic carbocycles. The monoisotopic (exact) mass is 349 g/mol. The zero-order chi connectivity index (χ0) is 17.2. The predicted molar refractivity (Wildman–Crippen MR) is 96.1 cm³/mol. The minimum atomic E-state index is -0.326. The number of amides is 1. The molecule has 6 nitrogen and oxygen atoms in total. The van der Waals surface area contributed by atoms with E-state index in [1.165, 1.54) is 6.20 Å². The lowest BCUT2D eigenvalue weighted by molar-refractivity contribution is 0.102. The Balaban J connectivity index is 1.63. The number of anilines is 1. The molecule has 4 rings (SSSR count). The maximum atomic E-state index is 12.3. The fraction of sp³-hybridized carbons (Fsp3) is 0. The Labute approximate surface area is 148 Å². The lowest BCUT2D eigenvalue weighted by Crippen LogP contribution is -2.12. The zero-order valence-electron chi connectivity index (χ0n) is 12.9. The number of rotatable bonds is 3. The smallest absolute Gasteiger partial charge is 0.258 e. The quantitative estimate of drug-likeness (QED) is 0.572. The van der Waals surface area contributed by atoms with Crippen LogP contribution >= 0.6 is 11.6 Å². The van der Waals surface area contributed by atoms with Crippen molar-refractivity contribution in [1.29, 1.82) is 0 Å². The van der Waals surface area contributed by atoms with Crippen molar-refractivity contribution in [2.45, 2.75) is 0 Å². The number of hydrogen-bond acceptors (Lipinski definition) is 4. The van der Waals surface area contributed by atoms with Crippen molar-refractivity contribution in [2.75, 3.05) is 5.32 Å². The number of nitrogens with zero attached hydrogens (tertiary/aromatic N) is 4.